The first-order chi connectivity index (χ1) is 10.4. The van der Waals surface area contributed by atoms with Crippen molar-refractivity contribution in [1.29, 1.82) is 0 Å². The average molecular weight is 305 g/mol. The summed E-state index contributed by atoms with van der Waals surface area (Å²) in [4.78, 5) is 0. The molecule has 1 aliphatic carbocycles. The molecule has 0 aromatic heterocycles. The molecule has 0 aromatic rings. The van der Waals surface area contributed by atoms with Gasteiger partial charge in [-0.1, -0.05) is 76.0 Å². The van der Waals surface area contributed by atoms with Crippen LogP contribution in [0.3, 0.4) is 0 Å². The lowest BCUT2D eigenvalue weighted by atomic mass is 9.89. The second-order valence-corrected chi connectivity index (χ2v) is 7.13. The third-order valence-corrected chi connectivity index (χ3v) is 4.91. The van der Waals surface area contributed by atoms with Gasteiger partial charge in [-0.05, 0) is 64.2 Å². The van der Waals surface area contributed by atoms with Crippen LogP contribution in [0.15, 0.2) is 35.5 Å². The van der Waals surface area contributed by atoms with Crippen molar-refractivity contribution < 1.29 is 0 Å². The fourth-order valence-electron chi connectivity index (χ4n) is 2.78. The van der Waals surface area contributed by atoms with Gasteiger partial charge in [0.2, 0.25) is 0 Å². The SMILES string of the molecule is CC=C(C)C.CCC1CCCC(C/C=C\[C@@H](C)CC)=CC1C. The van der Waals surface area contributed by atoms with Crippen molar-refractivity contribution in [2.45, 2.75) is 87.0 Å². The fraction of sp³-hybridized carbons (Fsp3) is 0.727. The molecule has 0 nitrogen and oxygen atoms in total. The molecule has 0 aliphatic heterocycles. The van der Waals surface area contributed by atoms with Gasteiger partial charge in [-0.15, -0.1) is 0 Å². The van der Waals surface area contributed by atoms with Gasteiger partial charge < -0.3 is 0 Å². The van der Waals surface area contributed by atoms with Crippen LogP contribution in [-0.4, -0.2) is 0 Å². The Morgan fingerprint density at radius 3 is 2.45 bits per heavy atom. The average Bonchev–Trinajstić information content (AvgIpc) is 2.68. The summed E-state index contributed by atoms with van der Waals surface area (Å²) in [7, 11) is 0. The summed E-state index contributed by atoms with van der Waals surface area (Å²) in [6.45, 7) is 15.5. The van der Waals surface area contributed by atoms with Gasteiger partial charge in [-0.2, -0.15) is 0 Å². The van der Waals surface area contributed by atoms with Crippen molar-refractivity contribution >= 4 is 0 Å². The summed E-state index contributed by atoms with van der Waals surface area (Å²) in [6.07, 6.45) is 17.3. The molecular formula is C22H40. The number of allylic oxidation sites excluding steroid dienone is 6. The monoisotopic (exact) mass is 304 g/mol. The van der Waals surface area contributed by atoms with E-state index < -0.39 is 0 Å². The smallest absolute Gasteiger partial charge is 0.0139 e. The Hall–Kier alpha value is -0.780. The van der Waals surface area contributed by atoms with Gasteiger partial charge >= 0.3 is 0 Å². The van der Waals surface area contributed by atoms with E-state index in [1.54, 1.807) is 5.57 Å². The molecule has 0 saturated carbocycles. The van der Waals surface area contributed by atoms with Gasteiger partial charge in [0, 0.05) is 0 Å². The molecule has 0 heterocycles. The van der Waals surface area contributed by atoms with Crippen LogP contribution in [0.2, 0.25) is 0 Å². The zero-order chi connectivity index (χ0) is 17.0. The van der Waals surface area contributed by atoms with Crippen LogP contribution in [0.25, 0.3) is 0 Å². The molecule has 0 heteroatoms. The molecule has 0 radical (unpaired) electrons. The minimum Gasteiger partial charge on any atom is -0.0890 e. The first-order valence-electron chi connectivity index (χ1n) is 9.40. The first-order valence-corrected chi connectivity index (χ1v) is 9.40. The Balaban J connectivity index is 0.000000763. The van der Waals surface area contributed by atoms with E-state index >= 15 is 0 Å². The summed E-state index contributed by atoms with van der Waals surface area (Å²) in [6, 6.07) is 0. The second kappa shape index (κ2) is 12.7. The van der Waals surface area contributed by atoms with Crippen LogP contribution >= 0.6 is 0 Å². The molecule has 0 N–H and O–H groups in total. The number of hydrogen-bond donors (Lipinski definition) is 0. The van der Waals surface area contributed by atoms with Crippen molar-refractivity contribution in [1.82, 2.24) is 0 Å². The highest BCUT2D eigenvalue weighted by atomic mass is 14.2. The number of hydrogen-bond acceptors (Lipinski definition) is 0. The summed E-state index contributed by atoms with van der Waals surface area (Å²) >= 11 is 0. The molecule has 2 unspecified atom stereocenters. The van der Waals surface area contributed by atoms with Gasteiger partial charge in [0.05, 0.1) is 0 Å². The molecule has 3 atom stereocenters. The molecule has 0 aromatic carbocycles. The molecule has 1 rings (SSSR count). The molecule has 0 spiro atoms. The van der Waals surface area contributed by atoms with Crippen LogP contribution in [0, 0.1) is 17.8 Å². The van der Waals surface area contributed by atoms with E-state index in [0.717, 1.165) is 17.8 Å². The predicted molar refractivity (Wildman–Crippen MR) is 103 cm³/mol. The van der Waals surface area contributed by atoms with E-state index in [9.17, 15) is 0 Å². The highest BCUT2D eigenvalue weighted by molar-refractivity contribution is 5.11. The standard InChI is InChI=1S/C17H30.C5H10/c1-5-14(3)9-7-10-16-11-8-12-17(6-2)15(4)13-16;1-4-5(2)3/h7,9,13-15,17H,5-6,8,10-12H2,1-4H3;4H,1-3H3/b9-7-;/t14-,15?,17?;/m0./s1. The lowest BCUT2D eigenvalue weighted by Gasteiger charge is -2.17. The third-order valence-electron chi connectivity index (χ3n) is 4.91. The van der Waals surface area contributed by atoms with Crippen molar-refractivity contribution in [3.63, 3.8) is 0 Å². The van der Waals surface area contributed by atoms with Crippen LogP contribution in [-0.2, 0) is 0 Å². The zero-order valence-electron chi connectivity index (χ0n) is 16.3. The van der Waals surface area contributed by atoms with E-state index in [1.165, 1.54) is 44.1 Å². The Kier molecular flexibility index (Phi) is 12.3. The first kappa shape index (κ1) is 21.2. The summed E-state index contributed by atoms with van der Waals surface area (Å²) < 4.78 is 0. The van der Waals surface area contributed by atoms with Gasteiger partial charge in [0.15, 0.2) is 0 Å². The summed E-state index contributed by atoms with van der Waals surface area (Å²) in [5.74, 6) is 2.45. The van der Waals surface area contributed by atoms with Gasteiger partial charge in [0.25, 0.3) is 0 Å². The fourth-order valence-corrected chi connectivity index (χ4v) is 2.78. The third kappa shape index (κ3) is 10.0. The lowest BCUT2D eigenvalue weighted by Crippen LogP contribution is -2.06. The minimum atomic E-state index is 0.738. The maximum atomic E-state index is 2.56. The molecule has 0 fully saturated rings. The van der Waals surface area contributed by atoms with Crippen molar-refractivity contribution in [3.8, 4) is 0 Å². The molecule has 22 heavy (non-hydrogen) atoms. The van der Waals surface area contributed by atoms with Gasteiger partial charge in [0.1, 0.15) is 0 Å². The Morgan fingerprint density at radius 2 is 1.95 bits per heavy atom. The van der Waals surface area contributed by atoms with E-state index in [4.69, 9.17) is 0 Å². The molecule has 128 valence electrons. The lowest BCUT2D eigenvalue weighted by molar-refractivity contribution is 0.380. The Labute approximate surface area is 140 Å². The second-order valence-electron chi connectivity index (χ2n) is 7.13. The highest BCUT2D eigenvalue weighted by Crippen LogP contribution is 2.30. The van der Waals surface area contributed by atoms with Crippen molar-refractivity contribution in [2.24, 2.45) is 17.8 Å². The summed E-state index contributed by atoms with van der Waals surface area (Å²) in [5.41, 5.74) is 3.05. The topological polar surface area (TPSA) is 0 Å². The molecule has 0 saturated heterocycles. The van der Waals surface area contributed by atoms with Crippen LogP contribution in [0.5, 0.6) is 0 Å². The van der Waals surface area contributed by atoms with E-state index in [-0.39, 0.29) is 0 Å². The van der Waals surface area contributed by atoms with Crippen LogP contribution in [0.1, 0.15) is 87.0 Å². The van der Waals surface area contributed by atoms with E-state index in [2.05, 4.69) is 65.8 Å². The van der Waals surface area contributed by atoms with Crippen LogP contribution < -0.4 is 0 Å². The molecule has 0 amide bonds. The predicted octanol–water partition coefficient (Wildman–Crippen LogP) is 7.72. The number of rotatable bonds is 5. The van der Waals surface area contributed by atoms with E-state index in [0.29, 0.717) is 0 Å². The van der Waals surface area contributed by atoms with Gasteiger partial charge in [-0.3, -0.25) is 0 Å². The van der Waals surface area contributed by atoms with Gasteiger partial charge in [-0.25, -0.2) is 0 Å². The molecular weight excluding hydrogens is 264 g/mol. The molecule has 1 aliphatic rings. The zero-order valence-corrected chi connectivity index (χ0v) is 16.3. The maximum Gasteiger partial charge on any atom is -0.0139 e. The van der Waals surface area contributed by atoms with Crippen LogP contribution in [0.4, 0.5) is 0 Å². The Bertz CT molecular complexity index is 352. The molecule has 0 bridgehead atoms. The quantitative estimate of drug-likeness (QED) is 0.456. The highest BCUT2D eigenvalue weighted by Gasteiger charge is 2.17. The normalized spacial score (nSPS) is 23.1. The summed E-state index contributed by atoms with van der Waals surface area (Å²) in [5, 5.41) is 0. The van der Waals surface area contributed by atoms with Crippen molar-refractivity contribution in [3.05, 3.63) is 35.5 Å². The Morgan fingerprint density at radius 1 is 1.32 bits per heavy atom. The maximum absolute atomic E-state index is 2.56. The van der Waals surface area contributed by atoms with Crippen molar-refractivity contribution in [2.75, 3.05) is 0 Å². The minimum absolute atomic E-state index is 0.738. The largest absolute Gasteiger partial charge is 0.0890 e. The van der Waals surface area contributed by atoms with E-state index in [1.807, 2.05) is 6.92 Å².